The van der Waals surface area contributed by atoms with Crippen molar-refractivity contribution in [1.82, 2.24) is 50.5 Å². The molecule has 0 atom stereocenters. The number of aromatic nitrogens is 8. The summed E-state index contributed by atoms with van der Waals surface area (Å²) in [6.07, 6.45) is -5.17. The number of nitrogens with one attached hydrogen (secondary N) is 11. The number of alkyl halides is 9. The van der Waals surface area contributed by atoms with E-state index in [0.29, 0.717) is 75.8 Å². The molecule has 4 heterocycles. The molecular formula is C86H78F9N19O7. The monoisotopic (exact) mass is 1660 g/mol. The number of allylic oxidation sites excluding steroid dienone is 1. The fourth-order valence-corrected chi connectivity index (χ4v) is 10.3. The van der Waals surface area contributed by atoms with E-state index in [9.17, 15) is 58.7 Å². The van der Waals surface area contributed by atoms with Crippen LogP contribution < -0.4 is 72.7 Å². The largest absolute Gasteiger partial charge is 0.497 e. The number of ether oxygens (including phenoxy) is 3. The Kier molecular flexibility index (Phi) is 31.5. The fourth-order valence-electron chi connectivity index (χ4n) is 10.3. The second-order valence-corrected chi connectivity index (χ2v) is 25.2. The van der Waals surface area contributed by atoms with E-state index in [4.69, 9.17) is 14.2 Å². The summed E-state index contributed by atoms with van der Waals surface area (Å²) in [5.41, 5.74) is 5.31. The Bertz CT molecular complexity index is 5580. The van der Waals surface area contributed by atoms with Gasteiger partial charge in [-0.15, -0.1) is 0 Å². The summed E-state index contributed by atoms with van der Waals surface area (Å²) < 4.78 is 137. The van der Waals surface area contributed by atoms with Gasteiger partial charge in [-0.1, -0.05) is 105 Å². The first-order chi connectivity index (χ1) is 58.0. The molecule has 0 aliphatic rings. The highest BCUT2D eigenvalue weighted by Gasteiger charge is 2.38. The molecule has 4 aromatic heterocycles. The van der Waals surface area contributed by atoms with Crippen molar-refractivity contribution in [1.29, 1.82) is 0 Å². The van der Waals surface area contributed by atoms with Gasteiger partial charge in [0.05, 0.1) is 21.3 Å². The molecule has 0 aliphatic carbocycles. The van der Waals surface area contributed by atoms with Crippen LogP contribution in [0.25, 0.3) is 0 Å². The van der Waals surface area contributed by atoms with Crippen molar-refractivity contribution in [2.24, 2.45) is 0 Å². The normalized spacial score (nSPS) is 10.7. The summed E-state index contributed by atoms with van der Waals surface area (Å²) in [4.78, 5) is 77.6. The van der Waals surface area contributed by atoms with Crippen LogP contribution in [0.4, 0.5) is 138 Å². The van der Waals surface area contributed by atoms with Crippen molar-refractivity contribution in [3.63, 3.8) is 0 Å². The Labute approximate surface area is 688 Å². The number of carbonyl (C=O) groups excluding carboxylic acids is 4. The van der Waals surface area contributed by atoms with Crippen molar-refractivity contribution < 1.29 is 72.9 Å². The van der Waals surface area contributed by atoms with E-state index < -0.39 is 58.6 Å². The van der Waals surface area contributed by atoms with Crippen LogP contribution in [-0.2, 0) is 57.2 Å². The minimum absolute atomic E-state index is 0.0162. The maximum atomic E-state index is 13.5. The van der Waals surface area contributed by atoms with Gasteiger partial charge < -0.3 is 72.7 Å². The van der Waals surface area contributed by atoms with Gasteiger partial charge in [0.2, 0.25) is 41.5 Å². The first-order valence-corrected chi connectivity index (χ1v) is 36.0. The number of benzene rings is 8. The van der Waals surface area contributed by atoms with Crippen LogP contribution >= 0.6 is 0 Å². The zero-order chi connectivity index (χ0) is 87.1. The van der Waals surface area contributed by atoms with Gasteiger partial charge in [-0.25, -0.2) is 19.9 Å². The Morgan fingerprint density at radius 3 is 1.01 bits per heavy atom. The average molecular weight is 1660 g/mol. The Morgan fingerprint density at radius 1 is 0.339 bits per heavy atom. The van der Waals surface area contributed by atoms with Gasteiger partial charge in [0.1, 0.15) is 57.2 Å². The van der Waals surface area contributed by atoms with Gasteiger partial charge in [0.25, 0.3) is 0 Å². The third-order valence-corrected chi connectivity index (χ3v) is 16.4. The lowest BCUT2D eigenvalue weighted by atomic mass is 10.1. The number of hydrogen-bond donors (Lipinski definition) is 11. The van der Waals surface area contributed by atoms with E-state index in [-0.39, 0.29) is 48.4 Å². The highest BCUT2D eigenvalue weighted by atomic mass is 19.4. The van der Waals surface area contributed by atoms with Crippen LogP contribution in [0.1, 0.15) is 38.9 Å². The lowest BCUT2D eigenvalue weighted by molar-refractivity contribution is -0.138. The third kappa shape index (κ3) is 28.3. The molecule has 121 heavy (non-hydrogen) atoms. The molecule has 0 radical (unpaired) electrons. The summed E-state index contributed by atoms with van der Waals surface area (Å²) in [5.74, 6) is 0.552. The first kappa shape index (κ1) is 89.2. The topological polar surface area (TPSA) is 331 Å². The number of halogens is 9. The van der Waals surface area contributed by atoms with Crippen molar-refractivity contribution in [2.75, 3.05) is 69.2 Å². The molecule has 0 saturated heterocycles. The number of ketones is 1. The van der Waals surface area contributed by atoms with E-state index in [1.807, 2.05) is 61.5 Å². The molecule has 0 fully saturated rings. The van der Waals surface area contributed by atoms with Crippen LogP contribution in [0.5, 0.6) is 17.2 Å². The fraction of sp³-hybridized carbons (Fsp3) is 0.116. The maximum Gasteiger partial charge on any atom is 0.421 e. The summed E-state index contributed by atoms with van der Waals surface area (Å²) in [7, 11) is 4.52. The number of anilines is 17. The molecule has 622 valence electrons. The molecule has 0 saturated carbocycles. The van der Waals surface area contributed by atoms with Crippen LogP contribution in [0.15, 0.2) is 276 Å². The van der Waals surface area contributed by atoms with E-state index in [2.05, 4.69) is 125 Å². The maximum absolute atomic E-state index is 13.5. The van der Waals surface area contributed by atoms with E-state index in [1.54, 1.807) is 146 Å². The zero-order valence-corrected chi connectivity index (χ0v) is 65.0. The number of amides is 3. The first-order valence-electron chi connectivity index (χ1n) is 36.0. The molecule has 35 heteroatoms. The molecule has 26 nitrogen and oxygen atoms in total. The van der Waals surface area contributed by atoms with Gasteiger partial charge in [-0.3, -0.25) is 19.2 Å². The van der Waals surface area contributed by atoms with Gasteiger partial charge >= 0.3 is 18.5 Å². The van der Waals surface area contributed by atoms with Crippen LogP contribution in [0, 0.1) is 6.92 Å². The number of para-hydroxylation sites is 1. The van der Waals surface area contributed by atoms with E-state index >= 15 is 0 Å². The van der Waals surface area contributed by atoms with Gasteiger partial charge in [-0.2, -0.15) is 59.4 Å². The highest BCUT2D eigenvalue weighted by molar-refractivity contribution is 5.99. The number of carbonyl (C=O) groups is 4. The Morgan fingerprint density at radius 2 is 0.645 bits per heavy atom. The van der Waals surface area contributed by atoms with Gasteiger partial charge in [0.15, 0.2) is 5.78 Å². The summed E-state index contributed by atoms with van der Waals surface area (Å²) in [6, 6.07) is 57.2. The summed E-state index contributed by atoms with van der Waals surface area (Å²) >= 11 is 0. The predicted octanol–water partition coefficient (Wildman–Crippen LogP) is 19.3. The SMILES string of the molecule is C=CC(=O)Cc1ccc(Nc2nc(Nc3cccc(OC)c3)ncc2C(F)(F)F)cc1.C=CC(=O)NCc1ccc(Nc2nc(Nc3cccc(OC)c3)ncc2C(F)(F)F)cc1.C=CC(=O)NCc1ccc(Nc2nc(Nc3ccccc3)ncc2C)cc1.C=CC(=O)Nc1cccc(Nc2nc(Nc3cccc(OC)c3)ncc2C(F)(F)F)c1. The number of aryl methyl sites for hydroxylation is 1. The van der Waals surface area contributed by atoms with E-state index in [1.165, 1.54) is 39.5 Å². The Balaban J connectivity index is 0.000000184. The highest BCUT2D eigenvalue weighted by Crippen LogP contribution is 2.39. The molecule has 0 bridgehead atoms. The summed E-state index contributed by atoms with van der Waals surface area (Å²) in [5, 5.41) is 31.0. The van der Waals surface area contributed by atoms with Gasteiger partial charge in [0, 0.05) is 119 Å². The second-order valence-electron chi connectivity index (χ2n) is 25.2. The lowest BCUT2D eigenvalue weighted by Gasteiger charge is -2.15. The van der Waals surface area contributed by atoms with Crippen molar-refractivity contribution in [2.45, 2.75) is 45.0 Å². The molecule has 11 N–H and O–H groups in total. The third-order valence-electron chi connectivity index (χ3n) is 16.4. The molecular weight excluding hydrogens is 1580 g/mol. The average Bonchev–Trinajstić information content (AvgIpc) is 0.814. The quantitative estimate of drug-likeness (QED) is 0.0147. The zero-order valence-electron chi connectivity index (χ0n) is 65.0. The molecule has 12 rings (SSSR count). The number of rotatable bonds is 30. The molecule has 0 spiro atoms. The minimum Gasteiger partial charge on any atom is -0.497 e. The number of nitrogens with zero attached hydrogens (tertiary/aromatic N) is 8. The van der Waals surface area contributed by atoms with Crippen LogP contribution in [0.2, 0.25) is 0 Å². The van der Waals surface area contributed by atoms with Crippen molar-refractivity contribution in [3.05, 3.63) is 315 Å². The van der Waals surface area contributed by atoms with Crippen molar-refractivity contribution >= 4 is 122 Å². The smallest absolute Gasteiger partial charge is 0.421 e. The second kappa shape index (κ2) is 42.8. The molecule has 12 aromatic rings. The Hall–Kier alpha value is -15.7. The van der Waals surface area contributed by atoms with Gasteiger partial charge in [-0.05, 0) is 151 Å². The minimum atomic E-state index is -4.68. The number of hydrogen-bond acceptors (Lipinski definition) is 23. The molecule has 8 aromatic carbocycles. The van der Waals surface area contributed by atoms with Crippen LogP contribution in [0.3, 0.4) is 0 Å². The molecule has 3 amide bonds. The van der Waals surface area contributed by atoms with Crippen molar-refractivity contribution in [3.8, 4) is 17.2 Å². The molecule has 0 unspecified atom stereocenters. The number of methoxy groups -OCH3 is 3. The van der Waals surface area contributed by atoms with Crippen LogP contribution in [-0.4, -0.2) is 84.7 Å². The van der Waals surface area contributed by atoms with E-state index in [0.717, 1.165) is 64.0 Å². The summed E-state index contributed by atoms with van der Waals surface area (Å²) in [6.45, 7) is 16.3. The molecule has 0 aliphatic heterocycles. The predicted molar refractivity (Wildman–Crippen MR) is 447 cm³/mol. The standard InChI is InChI=1S/C22H20F3N5O2.C22H19F3N4O2.C21H18F3N5O2.C21H21N5O/c1-3-19(31)26-12-14-7-9-15(10-8-14)28-20-18(22(23,24)25)13-27-21(30-20)29-16-5-4-6-17(11-16)32-2;1-3-17(30)11-14-7-9-15(10-8-14)27-20-19(22(23,24)25)13-26-21(29-20)28-16-5-4-6-18(12-16)31-2;1-3-18(30)26-13-6-4-7-14(10-13)27-19-17(21(22,23)24)12-25-20(29-19)28-15-8-5-9-16(11-15)31-2;1-3-19(27)22-14-16-9-11-18(12-10-16)24-20-15(2)13-23-21(26-20)25-17-7-5-4-6-8-17/h3-11,13H,1,12H2,2H3,(H,26,31)(H2,27,28,29,30);3-10,12-13H,1,11H2,2H3,(H2,26,27,28,29);3-12H,1H2,2H3,(H,26,30)(H2,25,27,28,29);3-13H,1,14H2,2H3,(H,22,27)(H2,23,24,25,26). The lowest BCUT2D eigenvalue weighted by Crippen LogP contribution is -2.19.